The van der Waals surface area contributed by atoms with Crippen LogP contribution < -0.4 is 5.32 Å². The Balaban J connectivity index is 0.000000956. The van der Waals surface area contributed by atoms with Gasteiger partial charge >= 0.3 is 0 Å². The summed E-state index contributed by atoms with van der Waals surface area (Å²) >= 11 is 5.77. The Bertz CT molecular complexity index is 599. The number of nitrogens with one attached hydrogen (secondary N) is 1. The predicted octanol–water partition coefficient (Wildman–Crippen LogP) is 4.09. The van der Waals surface area contributed by atoms with E-state index in [1.54, 1.807) is 12.3 Å². The number of carbonyl (C=O) groups excluding carboxylic acids is 1. The summed E-state index contributed by atoms with van der Waals surface area (Å²) in [6.45, 7) is 7.43. The van der Waals surface area contributed by atoms with E-state index in [1.807, 2.05) is 39.0 Å². The van der Waals surface area contributed by atoms with Crippen molar-refractivity contribution in [1.29, 1.82) is 0 Å². The second-order valence-electron chi connectivity index (χ2n) is 3.92. The molecule has 4 nitrogen and oxygen atoms in total. The minimum Gasteiger partial charge on any atom is -0.326 e. The molecule has 1 aromatic carbocycles. The number of carbonyl (C=O) groups is 1. The number of amides is 1. The molecular weight excluding hydrogens is 274 g/mol. The molecule has 20 heavy (non-hydrogen) atoms. The van der Waals surface area contributed by atoms with Gasteiger partial charge in [0.2, 0.25) is 11.2 Å². The van der Waals surface area contributed by atoms with Gasteiger partial charge in [0.1, 0.15) is 0 Å². The molecule has 2 rings (SSSR count). The third-order valence-electron chi connectivity index (χ3n) is 2.45. The molecule has 0 radical (unpaired) electrons. The summed E-state index contributed by atoms with van der Waals surface area (Å²) < 4.78 is 0. The van der Waals surface area contributed by atoms with Crippen LogP contribution in [-0.2, 0) is 4.79 Å². The minimum atomic E-state index is -0.0905. The lowest BCUT2D eigenvalue weighted by Crippen LogP contribution is -2.05. The summed E-state index contributed by atoms with van der Waals surface area (Å²) in [7, 11) is 0. The molecule has 1 heterocycles. The average molecular weight is 292 g/mol. The standard InChI is InChI=1S/C13H12ClN3O.C2H6/c1-8-7-10(16-9(2)18)3-4-11(8)12-5-6-15-13(14)17-12;1-2/h3-7H,1-2H3,(H,16,18);1-2H3. The maximum absolute atomic E-state index is 11.0. The monoisotopic (exact) mass is 291 g/mol. The first-order valence-corrected chi connectivity index (χ1v) is 6.81. The van der Waals surface area contributed by atoms with Crippen LogP contribution in [0.5, 0.6) is 0 Å². The van der Waals surface area contributed by atoms with Crippen LogP contribution in [0.1, 0.15) is 26.3 Å². The molecule has 0 bridgehead atoms. The third-order valence-corrected chi connectivity index (χ3v) is 2.63. The second kappa shape index (κ2) is 7.60. The van der Waals surface area contributed by atoms with Gasteiger partial charge in [-0.25, -0.2) is 9.97 Å². The van der Waals surface area contributed by atoms with Gasteiger partial charge in [-0.05, 0) is 42.3 Å². The van der Waals surface area contributed by atoms with Crippen LogP contribution in [0.4, 0.5) is 5.69 Å². The third kappa shape index (κ3) is 4.31. The van der Waals surface area contributed by atoms with Crippen LogP contribution in [0.2, 0.25) is 5.28 Å². The molecule has 0 aliphatic carbocycles. The Morgan fingerprint density at radius 1 is 1.25 bits per heavy atom. The SMILES string of the molecule is CC.CC(=O)Nc1ccc(-c2ccnc(Cl)n2)c(C)c1. The first-order chi connectivity index (χ1) is 9.56. The van der Waals surface area contributed by atoms with Crippen LogP contribution >= 0.6 is 11.6 Å². The molecule has 0 atom stereocenters. The Hall–Kier alpha value is -1.94. The minimum absolute atomic E-state index is 0.0905. The van der Waals surface area contributed by atoms with Gasteiger partial charge < -0.3 is 5.32 Å². The lowest BCUT2D eigenvalue weighted by atomic mass is 10.0. The molecule has 1 N–H and O–H groups in total. The van der Waals surface area contributed by atoms with Crippen LogP contribution in [0.25, 0.3) is 11.3 Å². The van der Waals surface area contributed by atoms with E-state index in [0.29, 0.717) is 0 Å². The number of anilines is 1. The summed E-state index contributed by atoms with van der Waals surface area (Å²) in [5.74, 6) is -0.0905. The average Bonchev–Trinajstić information content (AvgIpc) is 2.40. The predicted molar refractivity (Wildman–Crippen MR) is 82.9 cm³/mol. The van der Waals surface area contributed by atoms with Gasteiger partial charge in [0.05, 0.1) is 5.69 Å². The molecule has 0 saturated carbocycles. The molecule has 0 aliphatic heterocycles. The fourth-order valence-corrected chi connectivity index (χ4v) is 1.86. The molecule has 0 unspecified atom stereocenters. The number of rotatable bonds is 2. The zero-order valence-corrected chi connectivity index (χ0v) is 12.8. The van der Waals surface area contributed by atoms with E-state index in [2.05, 4.69) is 15.3 Å². The quantitative estimate of drug-likeness (QED) is 0.848. The van der Waals surface area contributed by atoms with Gasteiger partial charge in [-0.2, -0.15) is 0 Å². The van der Waals surface area contributed by atoms with Crippen LogP contribution in [0.3, 0.4) is 0 Å². The van der Waals surface area contributed by atoms with Gasteiger partial charge in [-0.3, -0.25) is 4.79 Å². The van der Waals surface area contributed by atoms with E-state index in [4.69, 9.17) is 11.6 Å². The van der Waals surface area contributed by atoms with Crippen molar-refractivity contribution in [2.45, 2.75) is 27.7 Å². The van der Waals surface area contributed by atoms with Crippen molar-refractivity contribution in [3.63, 3.8) is 0 Å². The molecule has 0 spiro atoms. The molecule has 0 fully saturated rings. The molecule has 106 valence electrons. The maximum atomic E-state index is 11.0. The van der Waals surface area contributed by atoms with Crippen molar-refractivity contribution in [1.82, 2.24) is 9.97 Å². The van der Waals surface area contributed by atoms with Crippen molar-refractivity contribution in [2.24, 2.45) is 0 Å². The van der Waals surface area contributed by atoms with Crippen LogP contribution in [-0.4, -0.2) is 15.9 Å². The van der Waals surface area contributed by atoms with Crippen LogP contribution in [0.15, 0.2) is 30.5 Å². The summed E-state index contributed by atoms with van der Waals surface area (Å²) in [6, 6.07) is 7.43. The number of hydrogen-bond donors (Lipinski definition) is 1. The molecule has 0 saturated heterocycles. The van der Waals surface area contributed by atoms with E-state index in [1.165, 1.54) is 6.92 Å². The van der Waals surface area contributed by atoms with E-state index in [9.17, 15) is 4.79 Å². The molecule has 1 aromatic heterocycles. The number of hydrogen-bond acceptors (Lipinski definition) is 3. The van der Waals surface area contributed by atoms with Gasteiger partial charge in [-0.15, -0.1) is 0 Å². The fraction of sp³-hybridized carbons (Fsp3) is 0.267. The number of aromatic nitrogens is 2. The van der Waals surface area contributed by atoms with Crippen molar-refractivity contribution in [3.8, 4) is 11.3 Å². The highest BCUT2D eigenvalue weighted by Crippen LogP contribution is 2.24. The summed E-state index contributed by atoms with van der Waals surface area (Å²) in [6.07, 6.45) is 1.62. The number of nitrogens with zero attached hydrogens (tertiary/aromatic N) is 2. The number of halogens is 1. The van der Waals surface area contributed by atoms with E-state index in [-0.39, 0.29) is 11.2 Å². The Morgan fingerprint density at radius 2 is 1.95 bits per heavy atom. The largest absolute Gasteiger partial charge is 0.326 e. The Kier molecular flexibility index (Phi) is 6.12. The van der Waals surface area contributed by atoms with Gasteiger partial charge in [0.25, 0.3) is 0 Å². The van der Waals surface area contributed by atoms with Gasteiger partial charge in [0, 0.05) is 24.4 Å². The highest BCUT2D eigenvalue weighted by molar-refractivity contribution is 6.28. The topological polar surface area (TPSA) is 54.9 Å². The highest BCUT2D eigenvalue weighted by atomic mass is 35.5. The number of benzene rings is 1. The van der Waals surface area contributed by atoms with E-state index >= 15 is 0 Å². The molecule has 5 heteroatoms. The summed E-state index contributed by atoms with van der Waals surface area (Å²) in [5, 5.41) is 2.96. The smallest absolute Gasteiger partial charge is 0.222 e. The highest BCUT2D eigenvalue weighted by Gasteiger charge is 2.06. The first kappa shape index (κ1) is 16.1. The molecular formula is C15H18ClN3O. The fourth-order valence-electron chi connectivity index (χ4n) is 1.72. The molecule has 1 amide bonds. The second-order valence-corrected chi connectivity index (χ2v) is 4.26. The molecule has 0 aliphatic rings. The van der Waals surface area contributed by atoms with Crippen LogP contribution in [0, 0.1) is 6.92 Å². The summed E-state index contributed by atoms with van der Waals surface area (Å²) in [4.78, 5) is 19.0. The van der Waals surface area contributed by atoms with Gasteiger partial charge in [0.15, 0.2) is 0 Å². The molecule has 2 aromatic rings. The normalized spacial score (nSPS) is 9.45. The van der Waals surface area contributed by atoms with E-state index in [0.717, 1.165) is 22.5 Å². The number of aryl methyl sites for hydroxylation is 1. The Labute approximate surface area is 124 Å². The van der Waals surface area contributed by atoms with Crippen molar-refractivity contribution < 1.29 is 4.79 Å². The zero-order chi connectivity index (χ0) is 15.1. The first-order valence-electron chi connectivity index (χ1n) is 6.43. The van der Waals surface area contributed by atoms with Crippen molar-refractivity contribution in [3.05, 3.63) is 41.3 Å². The van der Waals surface area contributed by atoms with Crippen molar-refractivity contribution >= 4 is 23.2 Å². The van der Waals surface area contributed by atoms with E-state index < -0.39 is 0 Å². The maximum Gasteiger partial charge on any atom is 0.222 e. The van der Waals surface area contributed by atoms with Crippen molar-refractivity contribution in [2.75, 3.05) is 5.32 Å². The lowest BCUT2D eigenvalue weighted by Gasteiger charge is -2.08. The Morgan fingerprint density at radius 3 is 2.50 bits per heavy atom. The van der Waals surface area contributed by atoms with Gasteiger partial charge in [-0.1, -0.05) is 19.9 Å². The zero-order valence-electron chi connectivity index (χ0n) is 12.1. The summed E-state index contributed by atoms with van der Waals surface area (Å²) in [5.41, 5.74) is 3.51. The lowest BCUT2D eigenvalue weighted by molar-refractivity contribution is -0.114.